The summed E-state index contributed by atoms with van der Waals surface area (Å²) in [6, 6.07) is 12.5. The Morgan fingerprint density at radius 3 is 1.56 bits per heavy atom. The highest BCUT2D eigenvalue weighted by Gasteiger charge is 2.37. The molecule has 0 aliphatic rings. The lowest BCUT2D eigenvalue weighted by atomic mass is 9.99. The number of benzene rings is 1. The Labute approximate surface area is 285 Å². The molecule has 12 unspecified atom stereocenters. The van der Waals surface area contributed by atoms with Crippen molar-refractivity contribution >= 4 is 160 Å². The van der Waals surface area contributed by atoms with Crippen molar-refractivity contribution in [3.8, 4) is 32.3 Å². The Morgan fingerprint density at radius 1 is 0.634 bits per heavy atom. The molecule has 21 heteroatoms. The van der Waals surface area contributed by atoms with Gasteiger partial charge in [-0.05, 0) is 118 Å². The lowest BCUT2D eigenvalue weighted by Gasteiger charge is -2.41. The van der Waals surface area contributed by atoms with Crippen molar-refractivity contribution in [1.82, 2.24) is 0 Å². The zero-order valence-corrected chi connectivity index (χ0v) is 42.1. The molecular formula is C20H35N2P17S2. The second-order valence-corrected chi connectivity index (χ2v) is 75.1. The molecule has 0 saturated carbocycles. The van der Waals surface area contributed by atoms with Crippen molar-refractivity contribution in [3.05, 3.63) is 57.0 Å². The summed E-state index contributed by atoms with van der Waals surface area (Å²) < 4.78 is 0. The van der Waals surface area contributed by atoms with Crippen LogP contribution in [0.5, 0.6) is 0 Å². The first-order chi connectivity index (χ1) is 19.2. The first-order valence-corrected chi connectivity index (χ1v) is 43.2. The maximum absolute atomic E-state index is 9.48. The van der Waals surface area contributed by atoms with E-state index in [1.807, 2.05) is 19.1 Å². The smallest absolute Gasteiger partial charge is 0.0998 e. The summed E-state index contributed by atoms with van der Waals surface area (Å²) in [4.78, 5) is 4.90. The Bertz CT molecular complexity index is 1400. The predicted octanol–water partition coefficient (Wildman–Crippen LogP) is 15.7. The van der Waals surface area contributed by atoms with E-state index < -0.39 is 0 Å². The number of rotatable bonds is 9. The van der Waals surface area contributed by atoms with E-state index in [1.165, 1.54) is 25.8 Å². The van der Waals surface area contributed by atoms with Crippen LogP contribution in [0, 0.1) is 50.4 Å². The molecule has 0 aliphatic heterocycles. The molecule has 0 radical (unpaired) electrons. The molecule has 0 bridgehead atoms. The van der Waals surface area contributed by atoms with Gasteiger partial charge in [0.25, 0.3) is 0 Å². The van der Waals surface area contributed by atoms with Gasteiger partial charge in [-0.3, -0.25) is 0 Å². The second kappa shape index (κ2) is 20.6. The fourth-order valence-corrected chi connectivity index (χ4v) is 195. The largest absolute Gasteiger partial charge is 0.192 e. The fraction of sp³-hybridized carbons (Fsp3) is 0.200. The van der Waals surface area contributed by atoms with Gasteiger partial charge in [-0.15, -0.1) is 103 Å². The summed E-state index contributed by atoms with van der Waals surface area (Å²) in [5, 5.41) is 18.8. The van der Waals surface area contributed by atoms with Crippen LogP contribution in [0.3, 0.4) is 0 Å². The number of aryl methyl sites for hydroxylation is 4. The molecule has 0 spiro atoms. The van der Waals surface area contributed by atoms with Crippen LogP contribution in [0.1, 0.15) is 32.7 Å². The predicted molar refractivity (Wildman–Crippen MR) is 246 cm³/mol. The minimum absolute atomic E-state index is 0.0688. The number of hydrogen-bond acceptors (Lipinski definition) is 4. The van der Waals surface area contributed by atoms with Crippen LogP contribution >= 0.6 is 160 Å². The molecule has 2 heterocycles. The standard InChI is InChI=1S/C20H16N2S2.H19P17/c1-11-6-16(10-22)17(8-15(11)9-21)18-7-13(3)20(24-18)19-12(2)5-14(4)23-19;1-10-15(11(2)3)17(14(8)9)16(12(4)5)13(6)7/h5-8H,1-4H3;10H,1-9H2. The van der Waals surface area contributed by atoms with E-state index in [-0.39, 0.29) is 48.9 Å². The lowest BCUT2D eigenvalue weighted by molar-refractivity contribution is 1.37. The van der Waals surface area contributed by atoms with E-state index in [0.717, 1.165) is 24.0 Å². The molecule has 222 valence electrons. The van der Waals surface area contributed by atoms with Crippen LogP contribution < -0.4 is 0 Å². The quantitative estimate of drug-likeness (QED) is 0.201. The van der Waals surface area contributed by atoms with Gasteiger partial charge in [0.2, 0.25) is 0 Å². The van der Waals surface area contributed by atoms with E-state index in [1.54, 1.807) is 22.7 Å². The maximum atomic E-state index is 9.48. The van der Waals surface area contributed by atoms with Gasteiger partial charge in [0.1, 0.15) is 0 Å². The van der Waals surface area contributed by atoms with E-state index >= 15 is 0 Å². The molecule has 0 N–H and O–H groups in total. The monoisotopic (exact) mass is 894 g/mol. The summed E-state index contributed by atoms with van der Waals surface area (Å²) in [6.07, 6.45) is 0. The summed E-state index contributed by atoms with van der Waals surface area (Å²) in [5.41, 5.74) is 5.44. The van der Waals surface area contributed by atoms with Gasteiger partial charge in [-0.1, -0.05) is 7.96 Å². The molecule has 12 atom stereocenters. The Morgan fingerprint density at radius 2 is 1.15 bits per heavy atom. The average molecular weight is 894 g/mol. The highest BCUT2D eigenvalue weighted by molar-refractivity contribution is 9.31. The summed E-state index contributed by atoms with van der Waals surface area (Å²) in [7, 11) is 29.0. The third kappa shape index (κ3) is 12.0. The van der Waals surface area contributed by atoms with Gasteiger partial charge in [-0.25, -0.2) is 0 Å². The Balaban J connectivity index is 0.000000307. The number of nitrogens with zero attached hydrogens (tertiary/aromatic N) is 2. The normalized spacial score (nSPS) is 13.3. The fourth-order valence-electron chi connectivity index (χ4n) is 3.61. The first-order valence-electron chi connectivity index (χ1n) is 11.4. The molecule has 0 fully saturated rings. The van der Waals surface area contributed by atoms with Crippen molar-refractivity contribution < 1.29 is 0 Å². The van der Waals surface area contributed by atoms with Crippen molar-refractivity contribution in [2.24, 2.45) is 0 Å². The number of thiophene rings is 2. The third-order valence-corrected chi connectivity index (χ3v) is 111. The van der Waals surface area contributed by atoms with E-state index in [9.17, 15) is 10.5 Å². The van der Waals surface area contributed by atoms with E-state index in [4.69, 9.17) is 0 Å². The van der Waals surface area contributed by atoms with Gasteiger partial charge in [0, 0.05) is 25.1 Å². The van der Waals surface area contributed by atoms with Gasteiger partial charge in [0.15, 0.2) is 0 Å². The van der Waals surface area contributed by atoms with Crippen LogP contribution in [0.15, 0.2) is 24.3 Å². The molecule has 41 heavy (non-hydrogen) atoms. The number of hydrogen-bond donors (Lipinski definition) is 0. The molecule has 0 saturated heterocycles. The molecule has 0 aliphatic carbocycles. The molecule has 3 aromatic rings. The zero-order chi connectivity index (χ0) is 31.2. The van der Waals surface area contributed by atoms with Crippen molar-refractivity contribution in [2.75, 3.05) is 0 Å². The Hall–Kier alpha value is 4.91. The van der Waals surface area contributed by atoms with Gasteiger partial charge < -0.3 is 0 Å². The number of nitriles is 2. The topological polar surface area (TPSA) is 47.6 Å². The third-order valence-electron chi connectivity index (χ3n) is 5.32. The van der Waals surface area contributed by atoms with Crippen LogP contribution in [-0.2, 0) is 0 Å². The summed E-state index contributed by atoms with van der Waals surface area (Å²) >= 11 is 3.50. The zero-order valence-electron chi connectivity index (χ0n) is 22.8. The van der Waals surface area contributed by atoms with Crippen LogP contribution in [0.4, 0.5) is 0 Å². The molecule has 0 amide bonds. The van der Waals surface area contributed by atoms with Crippen LogP contribution in [0.25, 0.3) is 20.2 Å². The molecule has 2 aromatic heterocycles. The van der Waals surface area contributed by atoms with Crippen LogP contribution in [-0.4, -0.2) is 0 Å². The van der Waals surface area contributed by atoms with Crippen molar-refractivity contribution in [2.45, 2.75) is 27.7 Å². The highest BCUT2D eigenvalue weighted by Crippen LogP contribution is 3.25. The average Bonchev–Trinajstić information content (AvgIpc) is 3.43. The van der Waals surface area contributed by atoms with Gasteiger partial charge in [0.05, 0.1) is 23.3 Å². The molecule has 1 aromatic carbocycles. The van der Waals surface area contributed by atoms with Crippen molar-refractivity contribution in [1.29, 1.82) is 10.5 Å². The second-order valence-electron chi connectivity index (χ2n) is 8.40. The van der Waals surface area contributed by atoms with E-state index in [0.29, 0.717) is 11.1 Å². The molecular weight excluding hydrogens is 859 g/mol. The van der Waals surface area contributed by atoms with E-state index in [2.05, 4.69) is 125 Å². The van der Waals surface area contributed by atoms with Gasteiger partial charge in [-0.2, -0.15) is 10.5 Å². The Kier molecular flexibility index (Phi) is 21.1. The molecule has 3 rings (SSSR count). The minimum Gasteiger partial charge on any atom is -0.192 e. The van der Waals surface area contributed by atoms with Crippen LogP contribution in [0.2, 0.25) is 0 Å². The van der Waals surface area contributed by atoms with Gasteiger partial charge >= 0.3 is 0 Å². The minimum atomic E-state index is 0.0688. The lowest BCUT2D eigenvalue weighted by Crippen LogP contribution is -1.89. The maximum Gasteiger partial charge on any atom is 0.0998 e. The first kappa shape index (κ1) is 42.1. The highest BCUT2D eigenvalue weighted by atomic mass is 33.4. The summed E-state index contributed by atoms with van der Waals surface area (Å²) in [5.74, 6) is 0. The van der Waals surface area contributed by atoms with Crippen molar-refractivity contribution in [3.63, 3.8) is 0 Å². The molecule has 2 nitrogen and oxygen atoms in total. The summed E-state index contributed by atoms with van der Waals surface area (Å²) in [6.45, 7) is 9.14. The SMILES string of the molecule is Cc1cc(C)c(-c2sc(-c3cc(C#N)c(C)cc3C#N)cc2C)s1.PPP(P(P)P)P(P(P)P)P(P(P)P)P(P)P.